The van der Waals surface area contributed by atoms with E-state index in [-0.39, 0.29) is 5.82 Å². The lowest BCUT2D eigenvalue weighted by Gasteiger charge is -2.11. The summed E-state index contributed by atoms with van der Waals surface area (Å²) < 4.78 is 39.9. The molecule has 3 aromatic heterocycles. The smallest absolute Gasteiger partial charge is 0.323 e. The quantitative estimate of drug-likeness (QED) is 0.588. The molecule has 0 radical (unpaired) electrons. The average molecular weight is 343 g/mol. The second-order valence-corrected chi connectivity index (χ2v) is 5.53. The summed E-state index contributed by atoms with van der Waals surface area (Å²) in [5.74, 6) is 1.54. The van der Waals surface area contributed by atoms with Gasteiger partial charge in [-0.15, -0.1) is 0 Å². The molecule has 4 aromatic rings. The molecule has 3 heterocycles. The molecule has 126 valence electrons. The number of pyridine rings is 1. The molecule has 8 heteroatoms. The third-order valence-electron chi connectivity index (χ3n) is 3.87. The van der Waals surface area contributed by atoms with Crippen LogP contribution in [0.2, 0.25) is 0 Å². The van der Waals surface area contributed by atoms with Crippen LogP contribution >= 0.6 is 0 Å². The van der Waals surface area contributed by atoms with Gasteiger partial charge >= 0.3 is 6.18 Å². The highest BCUT2D eigenvalue weighted by atomic mass is 19.4. The van der Waals surface area contributed by atoms with Gasteiger partial charge in [-0.1, -0.05) is 12.1 Å². The van der Waals surface area contributed by atoms with Gasteiger partial charge in [-0.2, -0.15) is 13.2 Å². The molecule has 1 N–H and O–H groups in total. The molecule has 0 aliphatic rings. The number of hydrogen-bond donors (Lipinski definition) is 1. The molecule has 0 unspecified atom stereocenters. The molecule has 5 nitrogen and oxygen atoms in total. The lowest BCUT2D eigenvalue weighted by atomic mass is 10.2. The van der Waals surface area contributed by atoms with Gasteiger partial charge < -0.3 is 5.32 Å². The van der Waals surface area contributed by atoms with Crippen molar-refractivity contribution in [3.63, 3.8) is 0 Å². The summed E-state index contributed by atoms with van der Waals surface area (Å²) in [6, 6.07) is 9.83. The van der Waals surface area contributed by atoms with Gasteiger partial charge in [0.25, 0.3) is 0 Å². The summed E-state index contributed by atoms with van der Waals surface area (Å²) in [7, 11) is 0. The summed E-state index contributed by atoms with van der Waals surface area (Å²) in [6.07, 6.45) is -1.95. The van der Waals surface area contributed by atoms with Crippen molar-refractivity contribution in [3.05, 3.63) is 60.2 Å². The van der Waals surface area contributed by atoms with Crippen LogP contribution in [0.15, 0.2) is 48.8 Å². The molecule has 0 saturated carbocycles. The van der Waals surface area contributed by atoms with Crippen molar-refractivity contribution in [2.24, 2.45) is 0 Å². The largest absolute Gasteiger partial charge is 0.417 e. The molecule has 4 rings (SSSR count). The van der Waals surface area contributed by atoms with E-state index in [2.05, 4.69) is 20.3 Å². The van der Waals surface area contributed by atoms with E-state index in [4.69, 9.17) is 0 Å². The summed E-state index contributed by atoms with van der Waals surface area (Å²) in [5.41, 5.74) is 1.57. The van der Waals surface area contributed by atoms with Crippen molar-refractivity contribution in [1.29, 1.82) is 0 Å². The molecule has 0 aliphatic carbocycles. The monoisotopic (exact) mass is 343 g/mol. The van der Waals surface area contributed by atoms with E-state index in [0.717, 1.165) is 34.6 Å². The number of anilines is 2. The first kappa shape index (κ1) is 15.4. The molecule has 25 heavy (non-hydrogen) atoms. The van der Waals surface area contributed by atoms with Gasteiger partial charge in [-0.05, 0) is 31.2 Å². The number of para-hydroxylation sites is 2. The van der Waals surface area contributed by atoms with Crippen molar-refractivity contribution in [3.8, 4) is 0 Å². The predicted molar refractivity (Wildman–Crippen MR) is 87.8 cm³/mol. The molecule has 0 fully saturated rings. The van der Waals surface area contributed by atoms with Crippen LogP contribution in [0.25, 0.3) is 16.6 Å². The van der Waals surface area contributed by atoms with Crippen molar-refractivity contribution in [1.82, 2.24) is 19.4 Å². The van der Waals surface area contributed by atoms with Crippen LogP contribution in [0, 0.1) is 6.92 Å². The summed E-state index contributed by atoms with van der Waals surface area (Å²) in [4.78, 5) is 12.7. The first-order valence-electron chi connectivity index (χ1n) is 7.46. The Morgan fingerprint density at radius 1 is 0.960 bits per heavy atom. The number of benzene rings is 1. The fourth-order valence-electron chi connectivity index (χ4n) is 2.69. The molecule has 1 aromatic carbocycles. The number of nitrogens with zero attached hydrogens (tertiary/aromatic N) is 4. The standard InChI is InChI=1S/C17H12F3N5/c1-10-21-9-14-16(23-12-4-2-3-5-13(12)25(10)14)24-15-7-6-11(8-22-15)17(18,19)20/h2-9H,1H3,(H,22,23,24). The minimum Gasteiger partial charge on any atom is -0.323 e. The van der Waals surface area contributed by atoms with Gasteiger partial charge in [0.05, 0.1) is 22.8 Å². The Morgan fingerprint density at radius 3 is 2.48 bits per heavy atom. The van der Waals surface area contributed by atoms with Crippen LogP contribution in [-0.4, -0.2) is 19.4 Å². The molecule has 0 saturated heterocycles. The van der Waals surface area contributed by atoms with Gasteiger partial charge in [-0.25, -0.2) is 15.0 Å². The number of hydrogen-bond acceptors (Lipinski definition) is 4. The molecule has 0 atom stereocenters. The number of aryl methyl sites for hydroxylation is 1. The maximum Gasteiger partial charge on any atom is 0.417 e. The lowest BCUT2D eigenvalue weighted by Crippen LogP contribution is -2.06. The Balaban J connectivity index is 1.81. The first-order chi connectivity index (χ1) is 11.9. The topological polar surface area (TPSA) is 55.1 Å². The van der Waals surface area contributed by atoms with E-state index in [1.54, 1.807) is 6.20 Å². The highest BCUT2D eigenvalue weighted by Crippen LogP contribution is 2.30. The number of aromatic nitrogens is 4. The normalized spacial score (nSPS) is 12.0. The summed E-state index contributed by atoms with van der Waals surface area (Å²) in [5, 5.41) is 2.98. The van der Waals surface area contributed by atoms with Gasteiger partial charge in [0.2, 0.25) is 0 Å². The number of imidazole rings is 1. The van der Waals surface area contributed by atoms with E-state index in [1.807, 2.05) is 35.6 Å². The van der Waals surface area contributed by atoms with Crippen LogP contribution in [0.4, 0.5) is 24.8 Å². The highest BCUT2D eigenvalue weighted by Gasteiger charge is 2.30. The van der Waals surface area contributed by atoms with Crippen molar-refractivity contribution < 1.29 is 13.2 Å². The zero-order chi connectivity index (χ0) is 17.6. The highest BCUT2D eigenvalue weighted by molar-refractivity contribution is 5.85. The third kappa shape index (κ3) is 2.65. The fraction of sp³-hybridized carbons (Fsp3) is 0.118. The average Bonchev–Trinajstić information content (AvgIpc) is 2.97. The van der Waals surface area contributed by atoms with Gasteiger partial charge in [0, 0.05) is 6.20 Å². The molecular formula is C17H12F3N5. The number of rotatable bonds is 2. The van der Waals surface area contributed by atoms with Crippen LogP contribution < -0.4 is 5.32 Å². The number of alkyl halides is 3. The molecular weight excluding hydrogens is 331 g/mol. The van der Waals surface area contributed by atoms with Crippen LogP contribution in [0.1, 0.15) is 11.4 Å². The second kappa shape index (κ2) is 5.44. The minimum absolute atomic E-state index is 0.275. The van der Waals surface area contributed by atoms with Crippen LogP contribution in [0.3, 0.4) is 0 Å². The van der Waals surface area contributed by atoms with Gasteiger partial charge in [0.1, 0.15) is 17.2 Å². The second-order valence-electron chi connectivity index (χ2n) is 5.53. The SMILES string of the molecule is Cc1ncc2c(Nc3ccc(C(F)(F)F)cn3)nc3ccccc3n12. The Hall–Kier alpha value is -3.16. The molecule has 0 amide bonds. The van der Waals surface area contributed by atoms with E-state index < -0.39 is 11.7 Å². The maximum atomic E-state index is 12.6. The number of nitrogens with one attached hydrogen (secondary N) is 1. The zero-order valence-corrected chi connectivity index (χ0v) is 13.0. The van der Waals surface area contributed by atoms with Crippen molar-refractivity contribution in [2.75, 3.05) is 5.32 Å². The van der Waals surface area contributed by atoms with Crippen molar-refractivity contribution in [2.45, 2.75) is 13.1 Å². The molecule has 0 spiro atoms. The number of fused-ring (bicyclic) bond motifs is 3. The Kier molecular flexibility index (Phi) is 3.34. The molecule has 0 bridgehead atoms. The Morgan fingerprint density at radius 2 is 1.76 bits per heavy atom. The Bertz CT molecular complexity index is 1070. The fourth-order valence-corrected chi connectivity index (χ4v) is 2.69. The zero-order valence-electron chi connectivity index (χ0n) is 13.0. The van der Waals surface area contributed by atoms with Gasteiger partial charge in [-0.3, -0.25) is 4.40 Å². The summed E-state index contributed by atoms with van der Waals surface area (Å²) in [6.45, 7) is 1.87. The van der Waals surface area contributed by atoms with Gasteiger partial charge in [0.15, 0.2) is 5.82 Å². The third-order valence-corrected chi connectivity index (χ3v) is 3.87. The predicted octanol–water partition coefficient (Wildman–Crippen LogP) is 4.35. The number of halogens is 3. The van der Waals surface area contributed by atoms with Crippen LogP contribution in [-0.2, 0) is 6.18 Å². The first-order valence-corrected chi connectivity index (χ1v) is 7.46. The maximum absolute atomic E-state index is 12.6. The van der Waals surface area contributed by atoms with Crippen molar-refractivity contribution >= 4 is 28.2 Å². The Labute approximate surface area is 140 Å². The summed E-state index contributed by atoms with van der Waals surface area (Å²) >= 11 is 0. The molecule has 0 aliphatic heterocycles. The van der Waals surface area contributed by atoms with E-state index in [0.29, 0.717) is 5.82 Å². The van der Waals surface area contributed by atoms with E-state index in [9.17, 15) is 13.2 Å². The van der Waals surface area contributed by atoms with E-state index >= 15 is 0 Å². The lowest BCUT2D eigenvalue weighted by molar-refractivity contribution is -0.137. The van der Waals surface area contributed by atoms with Crippen LogP contribution in [0.5, 0.6) is 0 Å². The minimum atomic E-state index is -4.41. The van der Waals surface area contributed by atoms with E-state index in [1.165, 1.54) is 6.07 Å².